The molecule has 0 atom stereocenters. The Bertz CT molecular complexity index is 211. The second-order valence-corrected chi connectivity index (χ2v) is 3.27. The van der Waals surface area contributed by atoms with E-state index in [1.54, 1.807) is 6.08 Å². The van der Waals surface area contributed by atoms with Crippen LogP contribution in [0.2, 0.25) is 0 Å². The normalized spacial score (nSPS) is 20.5. The SMILES string of the molecule is CCOC(=O)/C=C1\CCCCN1C. The van der Waals surface area contributed by atoms with Crippen molar-refractivity contribution < 1.29 is 9.53 Å². The van der Waals surface area contributed by atoms with Gasteiger partial charge in [-0.15, -0.1) is 0 Å². The van der Waals surface area contributed by atoms with Gasteiger partial charge < -0.3 is 9.64 Å². The molecule has 0 aromatic carbocycles. The zero-order valence-electron chi connectivity index (χ0n) is 8.38. The minimum Gasteiger partial charge on any atom is -0.463 e. The molecule has 0 amide bonds. The molecule has 0 spiro atoms. The van der Waals surface area contributed by atoms with Crippen LogP contribution < -0.4 is 0 Å². The highest BCUT2D eigenvalue weighted by atomic mass is 16.5. The number of hydrogen-bond donors (Lipinski definition) is 0. The fraction of sp³-hybridized carbons (Fsp3) is 0.700. The summed E-state index contributed by atoms with van der Waals surface area (Å²) in [4.78, 5) is 13.3. The molecule has 0 aromatic heterocycles. The van der Waals surface area contributed by atoms with Crippen LogP contribution >= 0.6 is 0 Å². The number of ether oxygens (including phenoxy) is 1. The summed E-state index contributed by atoms with van der Waals surface area (Å²) in [5, 5.41) is 0. The predicted octanol–water partition coefficient (Wildman–Crippen LogP) is 1.55. The van der Waals surface area contributed by atoms with Crippen molar-refractivity contribution in [3.05, 3.63) is 11.8 Å². The van der Waals surface area contributed by atoms with Gasteiger partial charge in [0.05, 0.1) is 6.61 Å². The first kappa shape index (κ1) is 10.1. The van der Waals surface area contributed by atoms with E-state index in [1.807, 2.05) is 14.0 Å². The molecule has 13 heavy (non-hydrogen) atoms. The average Bonchev–Trinajstić information content (AvgIpc) is 2.09. The molecule has 74 valence electrons. The van der Waals surface area contributed by atoms with Crippen molar-refractivity contribution in [3.8, 4) is 0 Å². The van der Waals surface area contributed by atoms with Crippen LogP contribution in [0.5, 0.6) is 0 Å². The molecule has 0 saturated carbocycles. The monoisotopic (exact) mass is 183 g/mol. The molecule has 1 aliphatic rings. The van der Waals surface area contributed by atoms with Gasteiger partial charge in [0.15, 0.2) is 0 Å². The van der Waals surface area contributed by atoms with E-state index in [0.29, 0.717) is 6.61 Å². The van der Waals surface area contributed by atoms with Gasteiger partial charge in [0.2, 0.25) is 0 Å². The van der Waals surface area contributed by atoms with Crippen LogP contribution in [-0.2, 0) is 9.53 Å². The predicted molar refractivity (Wildman–Crippen MR) is 51.2 cm³/mol. The second kappa shape index (κ2) is 4.90. The molecular formula is C10H17NO2. The van der Waals surface area contributed by atoms with E-state index < -0.39 is 0 Å². The standard InChI is InChI=1S/C10H17NO2/c1-3-13-10(12)8-9-6-4-5-7-11(9)2/h8H,3-7H2,1-2H3/b9-8+. The molecule has 1 heterocycles. The van der Waals surface area contributed by atoms with Gasteiger partial charge in [-0.3, -0.25) is 0 Å². The molecule has 1 fully saturated rings. The lowest BCUT2D eigenvalue weighted by Gasteiger charge is -2.27. The van der Waals surface area contributed by atoms with Crippen molar-refractivity contribution in [2.75, 3.05) is 20.2 Å². The van der Waals surface area contributed by atoms with Crippen molar-refractivity contribution >= 4 is 5.97 Å². The maximum atomic E-state index is 11.1. The highest BCUT2D eigenvalue weighted by molar-refractivity contribution is 5.82. The molecule has 1 rings (SSSR count). The van der Waals surface area contributed by atoms with Gasteiger partial charge in [-0.05, 0) is 26.2 Å². The molecule has 0 aliphatic carbocycles. The molecule has 0 aromatic rings. The summed E-state index contributed by atoms with van der Waals surface area (Å²) in [6, 6.07) is 0. The molecule has 1 aliphatic heterocycles. The third kappa shape index (κ3) is 3.09. The van der Waals surface area contributed by atoms with Gasteiger partial charge in [-0.2, -0.15) is 0 Å². The summed E-state index contributed by atoms with van der Waals surface area (Å²) in [5.74, 6) is -0.216. The van der Waals surface area contributed by atoms with Gasteiger partial charge >= 0.3 is 5.97 Å². The van der Waals surface area contributed by atoms with E-state index in [9.17, 15) is 4.79 Å². The zero-order chi connectivity index (χ0) is 9.68. The zero-order valence-corrected chi connectivity index (χ0v) is 8.38. The summed E-state index contributed by atoms with van der Waals surface area (Å²) < 4.78 is 4.85. The van der Waals surface area contributed by atoms with Gasteiger partial charge in [-0.25, -0.2) is 4.79 Å². The van der Waals surface area contributed by atoms with E-state index in [4.69, 9.17) is 4.74 Å². The Morgan fingerprint density at radius 2 is 2.38 bits per heavy atom. The minimum atomic E-state index is -0.216. The van der Waals surface area contributed by atoms with Gasteiger partial charge in [-0.1, -0.05) is 0 Å². The summed E-state index contributed by atoms with van der Waals surface area (Å²) in [7, 11) is 2.02. The van der Waals surface area contributed by atoms with E-state index in [-0.39, 0.29) is 5.97 Å². The number of carbonyl (C=O) groups excluding carboxylic acids is 1. The van der Waals surface area contributed by atoms with E-state index >= 15 is 0 Å². The Balaban J connectivity index is 2.52. The number of likely N-dealkylation sites (tertiary alicyclic amines) is 1. The van der Waals surface area contributed by atoms with E-state index in [1.165, 1.54) is 12.8 Å². The summed E-state index contributed by atoms with van der Waals surface area (Å²) >= 11 is 0. The van der Waals surface area contributed by atoms with Crippen molar-refractivity contribution in [1.29, 1.82) is 0 Å². The smallest absolute Gasteiger partial charge is 0.332 e. The first-order valence-electron chi connectivity index (χ1n) is 4.82. The van der Waals surface area contributed by atoms with Crippen LogP contribution in [0.25, 0.3) is 0 Å². The number of esters is 1. The van der Waals surface area contributed by atoms with Gasteiger partial charge in [0, 0.05) is 25.4 Å². The third-order valence-electron chi connectivity index (χ3n) is 2.24. The number of nitrogens with zero attached hydrogens (tertiary/aromatic N) is 1. The second-order valence-electron chi connectivity index (χ2n) is 3.27. The van der Waals surface area contributed by atoms with Crippen molar-refractivity contribution in [1.82, 2.24) is 4.90 Å². The van der Waals surface area contributed by atoms with Crippen molar-refractivity contribution in [3.63, 3.8) is 0 Å². The van der Waals surface area contributed by atoms with E-state index in [2.05, 4.69) is 4.90 Å². The lowest BCUT2D eigenvalue weighted by Crippen LogP contribution is -2.24. The lowest BCUT2D eigenvalue weighted by atomic mass is 10.1. The van der Waals surface area contributed by atoms with Crippen molar-refractivity contribution in [2.45, 2.75) is 26.2 Å². The fourth-order valence-electron chi connectivity index (χ4n) is 1.49. The number of rotatable bonds is 2. The van der Waals surface area contributed by atoms with E-state index in [0.717, 1.165) is 18.7 Å². The lowest BCUT2D eigenvalue weighted by molar-refractivity contribution is -0.137. The maximum absolute atomic E-state index is 11.1. The number of hydrogen-bond acceptors (Lipinski definition) is 3. The Kier molecular flexibility index (Phi) is 3.80. The van der Waals surface area contributed by atoms with Crippen LogP contribution in [0.4, 0.5) is 0 Å². The Hall–Kier alpha value is -0.990. The third-order valence-corrected chi connectivity index (χ3v) is 2.24. The van der Waals surface area contributed by atoms with Gasteiger partial charge in [0.1, 0.15) is 0 Å². The quantitative estimate of drug-likeness (QED) is 0.480. The molecule has 0 unspecified atom stereocenters. The molecule has 1 saturated heterocycles. The van der Waals surface area contributed by atoms with Crippen LogP contribution in [0, 0.1) is 0 Å². The highest BCUT2D eigenvalue weighted by Gasteiger charge is 2.12. The number of piperidine rings is 1. The first-order chi connectivity index (χ1) is 6.24. The fourth-order valence-corrected chi connectivity index (χ4v) is 1.49. The summed E-state index contributed by atoms with van der Waals surface area (Å²) in [6.07, 6.45) is 5.00. The largest absolute Gasteiger partial charge is 0.463 e. The topological polar surface area (TPSA) is 29.5 Å². The molecule has 3 heteroatoms. The average molecular weight is 183 g/mol. The van der Waals surface area contributed by atoms with Crippen LogP contribution in [0.1, 0.15) is 26.2 Å². The highest BCUT2D eigenvalue weighted by Crippen LogP contribution is 2.18. The number of carbonyl (C=O) groups is 1. The molecule has 3 nitrogen and oxygen atoms in total. The molecular weight excluding hydrogens is 166 g/mol. The first-order valence-corrected chi connectivity index (χ1v) is 4.82. The molecule has 0 radical (unpaired) electrons. The van der Waals surface area contributed by atoms with Crippen molar-refractivity contribution in [2.24, 2.45) is 0 Å². The number of allylic oxidation sites excluding steroid dienone is 1. The molecule has 0 bridgehead atoms. The van der Waals surface area contributed by atoms with Crippen LogP contribution in [0.15, 0.2) is 11.8 Å². The van der Waals surface area contributed by atoms with Crippen LogP contribution in [-0.4, -0.2) is 31.1 Å². The molecule has 0 N–H and O–H groups in total. The summed E-state index contributed by atoms with van der Waals surface area (Å²) in [5.41, 5.74) is 1.10. The Morgan fingerprint density at radius 3 is 3.00 bits per heavy atom. The van der Waals surface area contributed by atoms with Crippen LogP contribution in [0.3, 0.4) is 0 Å². The summed E-state index contributed by atoms with van der Waals surface area (Å²) in [6.45, 7) is 3.32. The Morgan fingerprint density at radius 1 is 1.62 bits per heavy atom. The van der Waals surface area contributed by atoms with Gasteiger partial charge in [0.25, 0.3) is 0 Å². The Labute approximate surface area is 79.4 Å². The minimum absolute atomic E-state index is 0.216. The maximum Gasteiger partial charge on any atom is 0.332 e.